The third-order valence-corrected chi connectivity index (χ3v) is 5.49. The minimum Gasteiger partial charge on any atom is -0.341 e. The average molecular weight is 360 g/mol. The molecule has 0 aromatic carbocycles. The number of thiazole rings is 1. The molecule has 2 saturated heterocycles. The van der Waals surface area contributed by atoms with Crippen LogP contribution in [0.15, 0.2) is 29.2 Å². The van der Waals surface area contributed by atoms with Gasteiger partial charge in [-0.2, -0.15) is 0 Å². The van der Waals surface area contributed by atoms with Gasteiger partial charge < -0.3 is 9.80 Å². The van der Waals surface area contributed by atoms with Crippen LogP contribution >= 0.6 is 11.3 Å². The van der Waals surface area contributed by atoms with Crippen molar-refractivity contribution in [3.05, 3.63) is 46.4 Å². The zero-order chi connectivity index (χ0) is 17.4. The Kier molecular flexibility index (Phi) is 3.99. The predicted molar refractivity (Wildman–Crippen MR) is 89.5 cm³/mol. The summed E-state index contributed by atoms with van der Waals surface area (Å²) in [5, 5.41) is 1.76. The number of likely N-dealkylation sites (tertiary alicyclic amines) is 2. The van der Waals surface area contributed by atoms with E-state index in [-0.39, 0.29) is 23.7 Å². The lowest BCUT2D eigenvalue weighted by Gasteiger charge is -2.48. The highest BCUT2D eigenvalue weighted by Gasteiger charge is 2.50. The number of amides is 2. The van der Waals surface area contributed by atoms with Crippen LogP contribution in [0, 0.1) is 11.2 Å². The van der Waals surface area contributed by atoms with Crippen molar-refractivity contribution in [2.45, 2.75) is 12.8 Å². The molecule has 0 aliphatic carbocycles. The van der Waals surface area contributed by atoms with E-state index in [0.29, 0.717) is 37.6 Å². The van der Waals surface area contributed by atoms with Gasteiger partial charge in [0.05, 0.1) is 18.1 Å². The summed E-state index contributed by atoms with van der Waals surface area (Å²) in [6.07, 6.45) is 2.21. The molecule has 2 aromatic heterocycles. The molecule has 2 aliphatic heterocycles. The van der Waals surface area contributed by atoms with Gasteiger partial charge in [-0.05, 0) is 18.6 Å². The molecule has 4 heterocycles. The van der Waals surface area contributed by atoms with Crippen LogP contribution < -0.4 is 0 Å². The van der Waals surface area contributed by atoms with Crippen LogP contribution in [-0.2, 0) is 11.2 Å². The molecule has 8 heteroatoms. The number of halogens is 1. The summed E-state index contributed by atoms with van der Waals surface area (Å²) in [6.45, 7) is 2.70. The zero-order valence-electron chi connectivity index (χ0n) is 13.5. The summed E-state index contributed by atoms with van der Waals surface area (Å²) < 4.78 is 12.9. The lowest BCUT2D eigenvalue weighted by molar-refractivity contribution is -0.141. The number of pyridine rings is 1. The van der Waals surface area contributed by atoms with E-state index in [1.807, 2.05) is 4.90 Å². The summed E-state index contributed by atoms with van der Waals surface area (Å²) >= 11 is 1.41. The molecule has 0 atom stereocenters. The van der Waals surface area contributed by atoms with Crippen molar-refractivity contribution in [3.63, 3.8) is 0 Å². The summed E-state index contributed by atoms with van der Waals surface area (Å²) in [6, 6.07) is 2.85. The maximum Gasteiger partial charge on any atom is 0.273 e. The Labute approximate surface area is 148 Å². The molecular formula is C17H17FN4O2S. The number of hydrogen-bond acceptors (Lipinski definition) is 5. The van der Waals surface area contributed by atoms with Gasteiger partial charge in [-0.15, -0.1) is 11.3 Å². The van der Waals surface area contributed by atoms with Gasteiger partial charge in [-0.3, -0.25) is 14.6 Å². The molecule has 6 nitrogen and oxygen atoms in total. The second kappa shape index (κ2) is 6.18. The molecular weight excluding hydrogens is 343 g/mol. The molecule has 0 unspecified atom stereocenters. The van der Waals surface area contributed by atoms with Crippen LogP contribution in [0.3, 0.4) is 0 Å². The first-order valence-electron chi connectivity index (χ1n) is 8.10. The van der Waals surface area contributed by atoms with Crippen LogP contribution in [0.2, 0.25) is 0 Å². The minimum atomic E-state index is -0.407. The van der Waals surface area contributed by atoms with E-state index in [1.54, 1.807) is 15.8 Å². The van der Waals surface area contributed by atoms with Crippen molar-refractivity contribution in [3.8, 4) is 0 Å². The Morgan fingerprint density at radius 1 is 1.20 bits per heavy atom. The number of carbonyl (C=O) groups excluding carboxylic acids is 2. The third kappa shape index (κ3) is 3.13. The van der Waals surface area contributed by atoms with E-state index in [1.165, 1.54) is 23.5 Å². The first-order chi connectivity index (χ1) is 12.0. The van der Waals surface area contributed by atoms with E-state index in [2.05, 4.69) is 9.97 Å². The van der Waals surface area contributed by atoms with Crippen molar-refractivity contribution in [1.29, 1.82) is 0 Å². The predicted octanol–water partition coefficient (Wildman–Crippen LogP) is 1.59. The van der Waals surface area contributed by atoms with Gasteiger partial charge in [0, 0.05) is 42.7 Å². The topological polar surface area (TPSA) is 66.4 Å². The van der Waals surface area contributed by atoms with E-state index in [4.69, 9.17) is 0 Å². The van der Waals surface area contributed by atoms with Gasteiger partial charge in [-0.1, -0.05) is 0 Å². The number of rotatable bonds is 3. The summed E-state index contributed by atoms with van der Waals surface area (Å²) in [7, 11) is 0. The van der Waals surface area contributed by atoms with Crippen molar-refractivity contribution in [1.82, 2.24) is 19.8 Å². The first-order valence-corrected chi connectivity index (χ1v) is 9.05. The van der Waals surface area contributed by atoms with Crippen molar-refractivity contribution in [2.24, 2.45) is 5.41 Å². The SMILES string of the molecule is O=C(Cc1ccc(F)cn1)N1CC2(CCN(C(=O)c3cscn3)C2)C1. The molecule has 2 aliphatic rings. The zero-order valence-corrected chi connectivity index (χ0v) is 14.3. The normalized spacial score (nSPS) is 18.4. The smallest absolute Gasteiger partial charge is 0.273 e. The highest BCUT2D eigenvalue weighted by Crippen LogP contribution is 2.40. The van der Waals surface area contributed by atoms with Crippen LogP contribution in [-0.4, -0.2) is 57.8 Å². The molecule has 1 spiro atoms. The summed E-state index contributed by atoms with van der Waals surface area (Å²) in [5.41, 5.74) is 2.74. The molecule has 2 fully saturated rings. The third-order valence-electron chi connectivity index (χ3n) is 4.90. The van der Waals surface area contributed by atoms with Crippen molar-refractivity contribution >= 4 is 23.2 Å². The first kappa shape index (κ1) is 16.1. The fraction of sp³-hybridized carbons (Fsp3) is 0.412. The fourth-order valence-corrected chi connectivity index (χ4v) is 4.09. The molecule has 0 N–H and O–H groups in total. The Morgan fingerprint density at radius 2 is 2.00 bits per heavy atom. The summed E-state index contributed by atoms with van der Waals surface area (Å²) in [4.78, 5) is 36.3. The minimum absolute atomic E-state index is 0.00555. The highest BCUT2D eigenvalue weighted by atomic mass is 32.1. The maximum absolute atomic E-state index is 12.9. The molecule has 4 rings (SSSR count). The number of aromatic nitrogens is 2. The Hall–Kier alpha value is -2.35. The lowest BCUT2D eigenvalue weighted by Crippen LogP contribution is -2.60. The van der Waals surface area contributed by atoms with E-state index >= 15 is 0 Å². The van der Waals surface area contributed by atoms with E-state index in [0.717, 1.165) is 12.6 Å². The van der Waals surface area contributed by atoms with Crippen LogP contribution in [0.25, 0.3) is 0 Å². The van der Waals surface area contributed by atoms with E-state index in [9.17, 15) is 14.0 Å². The lowest BCUT2D eigenvalue weighted by atomic mass is 9.79. The number of nitrogens with zero attached hydrogens (tertiary/aromatic N) is 4. The van der Waals surface area contributed by atoms with Crippen LogP contribution in [0.1, 0.15) is 22.6 Å². The van der Waals surface area contributed by atoms with Gasteiger partial charge in [0.1, 0.15) is 11.5 Å². The molecule has 2 amide bonds. The van der Waals surface area contributed by atoms with Gasteiger partial charge in [0.25, 0.3) is 5.91 Å². The van der Waals surface area contributed by atoms with Gasteiger partial charge in [-0.25, -0.2) is 9.37 Å². The molecule has 2 aromatic rings. The quantitative estimate of drug-likeness (QED) is 0.834. The molecule has 130 valence electrons. The Morgan fingerprint density at radius 3 is 2.68 bits per heavy atom. The van der Waals surface area contributed by atoms with Crippen molar-refractivity contribution < 1.29 is 14.0 Å². The second-order valence-electron chi connectivity index (χ2n) is 6.74. The highest BCUT2D eigenvalue weighted by molar-refractivity contribution is 7.07. The number of hydrogen-bond donors (Lipinski definition) is 0. The summed E-state index contributed by atoms with van der Waals surface area (Å²) in [5.74, 6) is -0.442. The van der Waals surface area contributed by atoms with Crippen LogP contribution in [0.4, 0.5) is 4.39 Å². The Bertz CT molecular complexity index is 787. The average Bonchev–Trinajstić information content (AvgIpc) is 3.24. The fourth-order valence-electron chi connectivity index (χ4n) is 3.56. The van der Waals surface area contributed by atoms with Gasteiger partial charge in [0.15, 0.2) is 0 Å². The Balaban J connectivity index is 1.31. The standard InChI is InChI=1S/C17H17FN4O2S/c18-12-1-2-13(19-6-12)5-15(23)22-9-17(10-22)3-4-21(8-17)16(24)14-7-25-11-20-14/h1-2,6-7,11H,3-5,8-10H2. The largest absolute Gasteiger partial charge is 0.341 e. The second-order valence-corrected chi connectivity index (χ2v) is 7.46. The molecule has 0 radical (unpaired) electrons. The molecule has 0 saturated carbocycles. The number of carbonyl (C=O) groups is 2. The van der Waals surface area contributed by atoms with Crippen LogP contribution in [0.5, 0.6) is 0 Å². The van der Waals surface area contributed by atoms with Gasteiger partial charge >= 0.3 is 0 Å². The maximum atomic E-state index is 12.9. The molecule has 0 bridgehead atoms. The van der Waals surface area contributed by atoms with E-state index < -0.39 is 5.82 Å². The monoisotopic (exact) mass is 360 g/mol. The van der Waals surface area contributed by atoms with Crippen molar-refractivity contribution in [2.75, 3.05) is 26.2 Å². The molecule has 25 heavy (non-hydrogen) atoms. The van der Waals surface area contributed by atoms with Gasteiger partial charge in [0.2, 0.25) is 5.91 Å².